The Balaban J connectivity index is 1.32. The first kappa shape index (κ1) is 25.9. The maximum Gasteiger partial charge on any atom is 0.310 e. The van der Waals surface area contributed by atoms with Gasteiger partial charge >= 0.3 is 5.97 Å². The van der Waals surface area contributed by atoms with Gasteiger partial charge in [0.05, 0.1) is 18.0 Å². The molecule has 1 aromatic heterocycles. The lowest BCUT2D eigenvalue weighted by Crippen LogP contribution is -2.43. The number of benzene rings is 1. The molecule has 4 rings (SSSR count). The molecule has 0 spiro atoms. The van der Waals surface area contributed by atoms with Crippen LogP contribution < -0.4 is 10.2 Å². The average Bonchev–Trinajstić information content (AvgIpc) is 2.88. The highest BCUT2D eigenvalue weighted by molar-refractivity contribution is 5.96. The van der Waals surface area contributed by atoms with Crippen LogP contribution in [0.25, 0.3) is 10.9 Å². The third-order valence-corrected chi connectivity index (χ3v) is 7.35. The molecule has 1 unspecified atom stereocenters. The lowest BCUT2D eigenvalue weighted by molar-refractivity contribution is -0.151. The molecule has 1 aromatic carbocycles. The fourth-order valence-corrected chi connectivity index (χ4v) is 5.11. The monoisotopic (exact) mass is 494 g/mol. The summed E-state index contributed by atoms with van der Waals surface area (Å²) in [4.78, 5) is 46.2. The van der Waals surface area contributed by atoms with Gasteiger partial charge in [-0.25, -0.2) is 4.98 Å². The lowest BCUT2D eigenvalue weighted by atomic mass is 9.98. The predicted molar refractivity (Wildman–Crippen MR) is 141 cm³/mol. The van der Waals surface area contributed by atoms with Crippen molar-refractivity contribution in [3.63, 3.8) is 0 Å². The minimum Gasteiger partial charge on any atom is -0.466 e. The number of rotatable bonds is 7. The molecule has 0 bridgehead atoms. The number of fused-ring (bicyclic) bond motifs is 1. The van der Waals surface area contributed by atoms with Crippen molar-refractivity contribution >= 4 is 40.2 Å². The Hall–Kier alpha value is -3.16. The number of likely N-dealkylation sites (tertiary alicyclic amines) is 1. The summed E-state index contributed by atoms with van der Waals surface area (Å²) in [6.45, 7) is 9.56. The molecular weight excluding hydrogens is 456 g/mol. The zero-order valence-electron chi connectivity index (χ0n) is 21.7. The maximum atomic E-state index is 12.7. The van der Waals surface area contributed by atoms with Crippen LogP contribution in [0.2, 0.25) is 0 Å². The van der Waals surface area contributed by atoms with Crippen LogP contribution in [0, 0.1) is 18.8 Å². The third-order valence-electron chi connectivity index (χ3n) is 7.35. The molecule has 0 aliphatic carbocycles. The van der Waals surface area contributed by atoms with E-state index in [-0.39, 0.29) is 36.5 Å². The van der Waals surface area contributed by atoms with Gasteiger partial charge in [-0.2, -0.15) is 0 Å². The van der Waals surface area contributed by atoms with Gasteiger partial charge < -0.3 is 19.9 Å². The van der Waals surface area contributed by atoms with Crippen LogP contribution in [-0.4, -0.2) is 60.5 Å². The van der Waals surface area contributed by atoms with E-state index in [2.05, 4.69) is 30.1 Å². The maximum absolute atomic E-state index is 12.7. The van der Waals surface area contributed by atoms with E-state index < -0.39 is 0 Å². The smallest absolute Gasteiger partial charge is 0.310 e. The van der Waals surface area contributed by atoms with Gasteiger partial charge in [0.1, 0.15) is 5.82 Å². The number of carbonyl (C=O) groups is 3. The number of esters is 1. The molecule has 3 heterocycles. The number of piperidine rings is 2. The molecule has 2 aliphatic heterocycles. The topological polar surface area (TPSA) is 91.8 Å². The van der Waals surface area contributed by atoms with E-state index in [1.807, 2.05) is 18.2 Å². The first-order valence-corrected chi connectivity index (χ1v) is 13.2. The first-order valence-electron chi connectivity index (χ1n) is 13.2. The summed E-state index contributed by atoms with van der Waals surface area (Å²) < 4.78 is 5.11. The molecule has 8 nitrogen and oxygen atoms in total. The van der Waals surface area contributed by atoms with Crippen LogP contribution in [0.5, 0.6) is 0 Å². The lowest BCUT2D eigenvalue weighted by Gasteiger charge is -2.31. The van der Waals surface area contributed by atoms with E-state index in [0.717, 1.165) is 54.1 Å². The number of aryl methyl sites for hydroxylation is 1. The molecule has 2 aliphatic rings. The SMILES string of the molecule is CCOC(=O)C1CCCN(C(=O)CCC(=O)Nc2ccc3nc(N4CCC(C)CC4)cc(C)c3c2)C1. The molecule has 2 aromatic rings. The number of nitrogens with one attached hydrogen (secondary N) is 1. The Morgan fingerprint density at radius 3 is 2.61 bits per heavy atom. The highest BCUT2D eigenvalue weighted by atomic mass is 16.5. The second-order valence-electron chi connectivity index (χ2n) is 10.2. The predicted octanol–water partition coefficient (Wildman–Crippen LogP) is 4.30. The Kier molecular flexibility index (Phi) is 8.44. The molecule has 36 heavy (non-hydrogen) atoms. The van der Waals surface area contributed by atoms with Crippen LogP contribution in [0.15, 0.2) is 24.3 Å². The summed E-state index contributed by atoms with van der Waals surface area (Å²) in [6, 6.07) is 7.90. The van der Waals surface area contributed by atoms with Crippen molar-refractivity contribution in [1.29, 1.82) is 0 Å². The molecule has 1 atom stereocenters. The molecule has 2 fully saturated rings. The molecule has 0 saturated carbocycles. The summed E-state index contributed by atoms with van der Waals surface area (Å²) in [7, 11) is 0. The van der Waals surface area contributed by atoms with E-state index in [1.54, 1.807) is 11.8 Å². The van der Waals surface area contributed by atoms with E-state index >= 15 is 0 Å². The van der Waals surface area contributed by atoms with Gasteiger partial charge in [-0.1, -0.05) is 6.92 Å². The van der Waals surface area contributed by atoms with Gasteiger partial charge in [-0.15, -0.1) is 0 Å². The number of carbonyl (C=O) groups excluding carboxylic acids is 3. The molecular formula is C28H38N4O4. The minimum absolute atomic E-state index is 0.0982. The Labute approximate surface area is 213 Å². The quantitative estimate of drug-likeness (QED) is 0.577. The van der Waals surface area contributed by atoms with Crippen molar-refractivity contribution < 1.29 is 19.1 Å². The van der Waals surface area contributed by atoms with Crippen LogP contribution >= 0.6 is 0 Å². The number of amides is 2. The van der Waals surface area contributed by atoms with Crippen molar-refractivity contribution in [2.45, 2.75) is 59.3 Å². The van der Waals surface area contributed by atoms with Gasteiger partial charge in [-0.3, -0.25) is 14.4 Å². The van der Waals surface area contributed by atoms with Crippen molar-refractivity contribution in [3.05, 3.63) is 29.8 Å². The summed E-state index contributed by atoms with van der Waals surface area (Å²) in [5.41, 5.74) is 2.74. The van der Waals surface area contributed by atoms with Crippen LogP contribution in [0.4, 0.5) is 11.5 Å². The summed E-state index contributed by atoms with van der Waals surface area (Å²) in [6.07, 6.45) is 4.10. The summed E-state index contributed by atoms with van der Waals surface area (Å²) >= 11 is 0. The second kappa shape index (κ2) is 11.7. The fraction of sp³-hybridized carbons (Fsp3) is 0.571. The van der Waals surface area contributed by atoms with Crippen molar-refractivity contribution in [2.24, 2.45) is 11.8 Å². The van der Waals surface area contributed by atoms with Gasteiger partial charge in [0, 0.05) is 50.1 Å². The molecule has 2 saturated heterocycles. The number of aromatic nitrogens is 1. The minimum atomic E-state index is -0.273. The molecule has 0 radical (unpaired) electrons. The van der Waals surface area contributed by atoms with Gasteiger partial charge in [0.2, 0.25) is 11.8 Å². The number of pyridine rings is 1. The number of ether oxygens (including phenoxy) is 1. The fourth-order valence-electron chi connectivity index (χ4n) is 5.11. The van der Waals surface area contributed by atoms with Gasteiger partial charge in [-0.05, 0) is 75.3 Å². The first-order chi connectivity index (χ1) is 17.3. The number of hydrogen-bond acceptors (Lipinski definition) is 6. The Bertz CT molecular complexity index is 1110. The molecule has 1 N–H and O–H groups in total. The third kappa shape index (κ3) is 6.33. The van der Waals surface area contributed by atoms with Crippen molar-refractivity contribution in [2.75, 3.05) is 43.0 Å². The highest BCUT2D eigenvalue weighted by Crippen LogP contribution is 2.28. The Morgan fingerprint density at radius 1 is 1.08 bits per heavy atom. The normalized spacial score (nSPS) is 18.8. The zero-order chi connectivity index (χ0) is 25.7. The summed E-state index contributed by atoms with van der Waals surface area (Å²) in [5, 5.41) is 3.93. The van der Waals surface area contributed by atoms with E-state index in [0.29, 0.717) is 25.4 Å². The number of nitrogens with zero attached hydrogens (tertiary/aromatic N) is 3. The van der Waals surface area contributed by atoms with Gasteiger partial charge in [0.25, 0.3) is 0 Å². The van der Waals surface area contributed by atoms with E-state index in [9.17, 15) is 14.4 Å². The molecule has 8 heteroatoms. The summed E-state index contributed by atoms with van der Waals surface area (Å²) in [5.74, 6) is 0.968. The number of hydrogen-bond donors (Lipinski definition) is 1. The molecule has 194 valence electrons. The van der Waals surface area contributed by atoms with E-state index in [1.165, 1.54) is 12.8 Å². The average molecular weight is 495 g/mol. The van der Waals surface area contributed by atoms with Crippen LogP contribution in [0.1, 0.15) is 57.9 Å². The second-order valence-corrected chi connectivity index (χ2v) is 10.2. The zero-order valence-corrected chi connectivity index (χ0v) is 21.7. The van der Waals surface area contributed by atoms with Crippen molar-refractivity contribution in [3.8, 4) is 0 Å². The van der Waals surface area contributed by atoms with Crippen molar-refractivity contribution in [1.82, 2.24) is 9.88 Å². The Morgan fingerprint density at radius 2 is 1.86 bits per heavy atom. The van der Waals surface area contributed by atoms with E-state index in [4.69, 9.17) is 9.72 Å². The molecule has 2 amide bonds. The highest BCUT2D eigenvalue weighted by Gasteiger charge is 2.29. The van der Waals surface area contributed by atoms with Crippen LogP contribution in [0.3, 0.4) is 0 Å². The largest absolute Gasteiger partial charge is 0.466 e. The standard InChI is InChI=1S/C28H38N4O4/c1-4-36-28(35)21-6-5-13-32(18-21)27(34)10-9-26(33)29-22-7-8-24-23(17-22)20(3)16-25(30-24)31-14-11-19(2)12-15-31/h7-8,16-17,19,21H,4-6,9-15,18H2,1-3H3,(H,29,33). The van der Waals surface area contributed by atoms with Crippen LogP contribution in [-0.2, 0) is 19.1 Å². The number of anilines is 2. The van der Waals surface area contributed by atoms with Gasteiger partial charge in [0.15, 0.2) is 0 Å².